The summed E-state index contributed by atoms with van der Waals surface area (Å²) in [7, 11) is 3.48. The highest BCUT2D eigenvalue weighted by molar-refractivity contribution is 8.23. The second-order valence-electron chi connectivity index (χ2n) is 6.41. The predicted molar refractivity (Wildman–Crippen MR) is 106 cm³/mol. The second-order valence-corrected chi connectivity index (χ2v) is 8.05. The Labute approximate surface area is 158 Å². The number of fused-ring (bicyclic) bond motifs is 2. The van der Waals surface area contributed by atoms with Crippen molar-refractivity contribution in [3.63, 3.8) is 0 Å². The van der Waals surface area contributed by atoms with Gasteiger partial charge in [-0.05, 0) is 36.2 Å². The lowest BCUT2D eigenvalue weighted by atomic mass is 10.00. The van der Waals surface area contributed by atoms with Crippen molar-refractivity contribution in [1.29, 1.82) is 0 Å². The lowest BCUT2D eigenvalue weighted by Gasteiger charge is -2.20. The van der Waals surface area contributed by atoms with Gasteiger partial charge in [-0.3, -0.25) is 4.79 Å². The van der Waals surface area contributed by atoms with Crippen LogP contribution in [0.15, 0.2) is 37.1 Å². The summed E-state index contributed by atoms with van der Waals surface area (Å²) in [5.74, 6) is -0.364. The van der Waals surface area contributed by atoms with Gasteiger partial charge in [0.25, 0.3) is 5.56 Å². The van der Waals surface area contributed by atoms with Crippen LogP contribution in [-0.4, -0.2) is 33.0 Å². The van der Waals surface area contributed by atoms with Gasteiger partial charge in [0.1, 0.15) is 14.6 Å². The van der Waals surface area contributed by atoms with Crippen molar-refractivity contribution in [2.24, 2.45) is 0 Å². The maximum atomic E-state index is 13.1. The number of aromatic hydroxyl groups is 1. The molecule has 1 aliphatic heterocycles. The summed E-state index contributed by atoms with van der Waals surface area (Å²) in [6.45, 7) is 0.569. The van der Waals surface area contributed by atoms with E-state index >= 15 is 0 Å². The number of aryl methyl sites for hydroxylation is 2. The van der Waals surface area contributed by atoms with Crippen LogP contribution in [0.5, 0.6) is 5.75 Å². The topological polar surface area (TPSA) is 75.7 Å². The third kappa shape index (κ3) is 2.44. The number of para-hydroxylation sites is 1. The van der Waals surface area contributed by atoms with Gasteiger partial charge in [-0.25, -0.2) is 4.79 Å². The van der Waals surface area contributed by atoms with E-state index in [1.54, 1.807) is 23.6 Å². The molecule has 0 unspecified atom stereocenters. The molecule has 3 aromatic rings. The van der Waals surface area contributed by atoms with Crippen molar-refractivity contribution in [1.82, 2.24) is 9.47 Å². The standard InChI is InChI=1S/C18H16N2O4S2/c1-19(2)18(25)26-15-13(21)11-14(24-17(15)23)10-7-3-5-9-6-4-8-20(12(9)10)16(11)22/h3,5,7,21H,4,6,8H2,1-2H3. The van der Waals surface area contributed by atoms with Gasteiger partial charge in [0.15, 0.2) is 11.3 Å². The third-order valence-electron chi connectivity index (χ3n) is 4.53. The Morgan fingerprint density at radius 2 is 2.12 bits per heavy atom. The molecule has 26 heavy (non-hydrogen) atoms. The molecule has 4 rings (SSSR count). The summed E-state index contributed by atoms with van der Waals surface area (Å²) >= 11 is 6.12. The summed E-state index contributed by atoms with van der Waals surface area (Å²) in [4.78, 5) is 27.1. The molecule has 3 heterocycles. The lowest BCUT2D eigenvalue weighted by molar-refractivity contribution is 0.446. The Kier molecular flexibility index (Phi) is 4.04. The minimum atomic E-state index is -0.704. The molecule has 2 aromatic heterocycles. The minimum absolute atomic E-state index is 0.0280. The van der Waals surface area contributed by atoms with Crippen molar-refractivity contribution in [3.05, 3.63) is 44.5 Å². The molecule has 1 aliphatic rings. The van der Waals surface area contributed by atoms with Crippen LogP contribution in [0.2, 0.25) is 0 Å². The highest BCUT2D eigenvalue weighted by Gasteiger charge is 2.25. The van der Waals surface area contributed by atoms with E-state index in [1.807, 2.05) is 18.2 Å². The van der Waals surface area contributed by atoms with Crippen LogP contribution >= 0.6 is 24.0 Å². The van der Waals surface area contributed by atoms with Crippen molar-refractivity contribution in [2.75, 3.05) is 14.1 Å². The Morgan fingerprint density at radius 3 is 2.85 bits per heavy atom. The average molecular weight is 388 g/mol. The maximum absolute atomic E-state index is 13.1. The van der Waals surface area contributed by atoms with Gasteiger partial charge in [0.2, 0.25) is 0 Å². The fourth-order valence-electron chi connectivity index (χ4n) is 3.34. The van der Waals surface area contributed by atoms with Crippen LogP contribution in [-0.2, 0) is 13.0 Å². The lowest BCUT2D eigenvalue weighted by Crippen LogP contribution is -2.26. The Balaban J connectivity index is 2.12. The predicted octanol–water partition coefficient (Wildman–Crippen LogP) is 2.70. The fraction of sp³-hybridized carbons (Fsp3) is 0.278. The summed E-state index contributed by atoms with van der Waals surface area (Å²) < 4.78 is 7.55. The second kappa shape index (κ2) is 6.14. The zero-order valence-corrected chi connectivity index (χ0v) is 15.9. The summed E-state index contributed by atoms with van der Waals surface area (Å²) in [6, 6.07) is 5.65. The largest absolute Gasteiger partial charge is 0.505 e. The van der Waals surface area contributed by atoms with E-state index in [0.717, 1.165) is 35.7 Å². The number of thioether (sulfide) groups is 1. The van der Waals surface area contributed by atoms with E-state index in [-0.39, 0.29) is 27.2 Å². The summed E-state index contributed by atoms with van der Waals surface area (Å²) in [5, 5.41) is 11.4. The third-order valence-corrected chi connectivity index (χ3v) is 6.25. The van der Waals surface area contributed by atoms with E-state index in [1.165, 1.54) is 0 Å². The molecule has 0 spiro atoms. The van der Waals surface area contributed by atoms with E-state index in [2.05, 4.69) is 0 Å². The number of rotatable bonds is 1. The molecule has 134 valence electrons. The molecule has 0 fully saturated rings. The molecule has 0 radical (unpaired) electrons. The van der Waals surface area contributed by atoms with Gasteiger partial charge in [-0.1, -0.05) is 24.4 Å². The highest BCUT2D eigenvalue weighted by atomic mass is 32.2. The molecule has 0 saturated heterocycles. The molecule has 0 bridgehead atoms. The molecule has 1 aromatic carbocycles. The van der Waals surface area contributed by atoms with E-state index in [0.29, 0.717) is 16.3 Å². The molecular weight excluding hydrogens is 372 g/mol. The summed E-state index contributed by atoms with van der Waals surface area (Å²) in [5.41, 5.74) is 0.904. The van der Waals surface area contributed by atoms with Crippen LogP contribution in [0, 0.1) is 0 Å². The first-order valence-corrected chi connectivity index (χ1v) is 9.36. The van der Waals surface area contributed by atoms with Crippen LogP contribution in [0.4, 0.5) is 0 Å². The molecule has 1 N–H and O–H groups in total. The van der Waals surface area contributed by atoms with E-state index in [4.69, 9.17) is 16.6 Å². The highest BCUT2D eigenvalue weighted by Crippen LogP contribution is 2.36. The number of hydrogen-bond donors (Lipinski definition) is 1. The fourth-order valence-corrected chi connectivity index (χ4v) is 4.27. The first-order valence-electron chi connectivity index (χ1n) is 8.13. The number of aromatic nitrogens is 1. The van der Waals surface area contributed by atoms with Crippen LogP contribution in [0.3, 0.4) is 0 Å². The molecular formula is C18H16N2O4S2. The average Bonchev–Trinajstić information content (AvgIpc) is 2.62. The number of hydrogen-bond acceptors (Lipinski definition) is 6. The molecule has 6 nitrogen and oxygen atoms in total. The van der Waals surface area contributed by atoms with Gasteiger partial charge >= 0.3 is 5.63 Å². The first kappa shape index (κ1) is 17.1. The first-order chi connectivity index (χ1) is 12.4. The Bertz CT molecular complexity index is 1190. The van der Waals surface area contributed by atoms with Gasteiger partial charge in [0.05, 0.1) is 5.52 Å². The molecule has 0 aliphatic carbocycles. The maximum Gasteiger partial charge on any atom is 0.354 e. The van der Waals surface area contributed by atoms with E-state index in [9.17, 15) is 14.7 Å². The van der Waals surface area contributed by atoms with Gasteiger partial charge in [-0.15, -0.1) is 0 Å². The van der Waals surface area contributed by atoms with Gasteiger partial charge in [0, 0.05) is 26.0 Å². The number of benzene rings is 1. The number of pyridine rings is 1. The van der Waals surface area contributed by atoms with Crippen molar-refractivity contribution in [2.45, 2.75) is 24.3 Å². The zero-order chi connectivity index (χ0) is 18.6. The Morgan fingerprint density at radius 1 is 1.35 bits per heavy atom. The number of thiocarbonyl (C=S) groups is 1. The molecule has 0 amide bonds. The SMILES string of the molecule is CN(C)C(=S)Sc1c(O)c2c(=O)n3c4c(cccc4c2oc1=O)CCC3. The van der Waals surface area contributed by atoms with Gasteiger partial charge in [-0.2, -0.15) is 0 Å². The van der Waals surface area contributed by atoms with Crippen molar-refractivity contribution < 1.29 is 9.52 Å². The van der Waals surface area contributed by atoms with Crippen LogP contribution in [0.1, 0.15) is 12.0 Å². The van der Waals surface area contributed by atoms with E-state index < -0.39 is 5.63 Å². The normalized spacial score (nSPS) is 13.3. The van der Waals surface area contributed by atoms with Crippen molar-refractivity contribution in [3.8, 4) is 5.75 Å². The van der Waals surface area contributed by atoms with Crippen LogP contribution < -0.4 is 11.2 Å². The smallest absolute Gasteiger partial charge is 0.354 e. The Hall–Kier alpha value is -2.32. The quantitative estimate of drug-likeness (QED) is 0.390. The van der Waals surface area contributed by atoms with Gasteiger partial charge < -0.3 is 19.0 Å². The monoisotopic (exact) mass is 388 g/mol. The molecule has 0 atom stereocenters. The summed E-state index contributed by atoms with van der Waals surface area (Å²) in [6.07, 6.45) is 1.71. The minimum Gasteiger partial charge on any atom is -0.505 e. The van der Waals surface area contributed by atoms with Crippen LogP contribution in [0.25, 0.3) is 21.9 Å². The zero-order valence-electron chi connectivity index (χ0n) is 14.2. The molecule has 0 saturated carbocycles. The molecule has 8 heteroatoms. The number of nitrogens with zero attached hydrogens (tertiary/aromatic N) is 2. The van der Waals surface area contributed by atoms with Crippen molar-refractivity contribution >= 4 is 50.2 Å².